The Balaban J connectivity index is 1.81. The van der Waals surface area contributed by atoms with E-state index in [1.54, 1.807) is 43.3 Å². The third kappa shape index (κ3) is 4.92. The van der Waals surface area contributed by atoms with Gasteiger partial charge in [-0.3, -0.25) is 4.79 Å². The van der Waals surface area contributed by atoms with E-state index in [-0.39, 0.29) is 18.8 Å². The van der Waals surface area contributed by atoms with Crippen molar-refractivity contribution in [2.24, 2.45) is 0 Å². The Hall–Kier alpha value is -2.51. The summed E-state index contributed by atoms with van der Waals surface area (Å²) in [6, 6.07) is 16.0. The Morgan fingerprint density at radius 3 is 2.41 bits per heavy atom. The average Bonchev–Trinajstić information content (AvgIpc) is 2.71. The molecule has 1 aliphatic rings. The number of ketones is 1. The highest BCUT2D eigenvalue weighted by Gasteiger charge is 2.41. The quantitative estimate of drug-likeness (QED) is 0.666. The second-order valence-corrected chi connectivity index (χ2v) is 9.20. The lowest BCUT2D eigenvalue weighted by molar-refractivity contribution is -0.131. The van der Waals surface area contributed by atoms with Gasteiger partial charge in [-0.25, -0.2) is 13.2 Å². The van der Waals surface area contributed by atoms with Crippen LogP contribution in [0.2, 0.25) is 0 Å². The van der Waals surface area contributed by atoms with E-state index in [1.807, 2.05) is 18.2 Å². The first-order chi connectivity index (χ1) is 13.8. The van der Waals surface area contributed by atoms with Crippen LogP contribution in [0.1, 0.15) is 42.2 Å². The molecule has 0 aromatic heterocycles. The van der Waals surface area contributed by atoms with Crippen LogP contribution in [-0.4, -0.2) is 31.7 Å². The number of Topliss-reactive ketones (excluding diaryl/α,β-unsaturated/α-hetero) is 1. The number of hydrogen-bond acceptors (Lipinski definition) is 6. The number of carbonyl (C=O) groups excluding carboxylic acids is 2. The molecule has 0 radical (unpaired) electrons. The Kier molecular flexibility index (Phi) is 6.49. The summed E-state index contributed by atoms with van der Waals surface area (Å²) >= 11 is 0. The Morgan fingerprint density at radius 1 is 1.07 bits per heavy atom. The first-order valence-electron chi connectivity index (χ1n) is 9.47. The van der Waals surface area contributed by atoms with E-state index < -0.39 is 32.6 Å². The zero-order valence-corrected chi connectivity index (χ0v) is 17.2. The summed E-state index contributed by atoms with van der Waals surface area (Å²) in [7, 11) is -4.26. The maximum Gasteiger partial charge on any atom is 0.425 e. The van der Waals surface area contributed by atoms with Gasteiger partial charge in [0.05, 0.1) is 6.10 Å². The molecule has 1 aliphatic carbocycles. The van der Waals surface area contributed by atoms with Crippen LogP contribution in [-0.2, 0) is 37.1 Å². The van der Waals surface area contributed by atoms with Crippen LogP contribution in [0.5, 0.6) is 0 Å². The molecule has 154 valence electrons. The Bertz CT molecular complexity index is 983. The second-order valence-electron chi connectivity index (χ2n) is 7.21. The van der Waals surface area contributed by atoms with E-state index in [0.29, 0.717) is 17.5 Å². The van der Waals surface area contributed by atoms with Gasteiger partial charge in [-0.1, -0.05) is 54.6 Å². The van der Waals surface area contributed by atoms with Gasteiger partial charge in [-0.05, 0) is 43.4 Å². The number of sulfone groups is 1. The van der Waals surface area contributed by atoms with Gasteiger partial charge in [-0.15, -0.1) is 0 Å². The summed E-state index contributed by atoms with van der Waals surface area (Å²) < 4.78 is 36.9. The summed E-state index contributed by atoms with van der Waals surface area (Å²) in [5.74, 6) is -0.134. The summed E-state index contributed by atoms with van der Waals surface area (Å²) in [5, 5.41) is -2.32. The average molecular weight is 416 g/mol. The van der Waals surface area contributed by atoms with Gasteiger partial charge < -0.3 is 9.47 Å². The maximum atomic E-state index is 13.0. The van der Waals surface area contributed by atoms with Crippen molar-refractivity contribution in [3.8, 4) is 0 Å². The molecule has 0 aliphatic heterocycles. The highest BCUT2D eigenvalue weighted by Crippen LogP contribution is 2.38. The molecule has 0 saturated carbocycles. The van der Waals surface area contributed by atoms with E-state index in [0.717, 1.165) is 5.56 Å². The molecule has 2 aromatic rings. The highest BCUT2D eigenvalue weighted by molar-refractivity contribution is 8.05. The first-order valence-corrected chi connectivity index (χ1v) is 11.0. The Labute approximate surface area is 170 Å². The lowest BCUT2D eigenvalue weighted by atomic mass is 9.89. The molecule has 2 aromatic carbocycles. The van der Waals surface area contributed by atoms with Crippen LogP contribution in [0.4, 0.5) is 4.79 Å². The lowest BCUT2D eigenvalue weighted by Crippen LogP contribution is -2.35. The Morgan fingerprint density at radius 2 is 1.72 bits per heavy atom. The first kappa shape index (κ1) is 21.2. The normalized spacial score (nSPS) is 19.8. The lowest BCUT2D eigenvalue weighted by Gasteiger charge is -2.31. The predicted molar refractivity (Wildman–Crippen MR) is 108 cm³/mol. The van der Waals surface area contributed by atoms with Gasteiger partial charge in [0.25, 0.3) is 9.84 Å². The van der Waals surface area contributed by atoms with Crippen molar-refractivity contribution in [2.45, 2.75) is 50.8 Å². The minimum Gasteiger partial charge on any atom is -0.449 e. The number of carbonyl (C=O) groups is 2. The summed E-state index contributed by atoms with van der Waals surface area (Å²) in [6.45, 7) is 2.95. The van der Waals surface area contributed by atoms with Crippen LogP contribution in [0, 0.1) is 0 Å². The van der Waals surface area contributed by atoms with Crippen molar-refractivity contribution < 1.29 is 27.5 Å². The van der Waals surface area contributed by atoms with Gasteiger partial charge >= 0.3 is 5.30 Å². The molecule has 0 spiro atoms. The number of fused-ring (bicyclic) bond motifs is 1. The zero-order chi connectivity index (χ0) is 21.0. The van der Waals surface area contributed by atoms with Gasteiger partial charge in [-0.2, -0.15) is 0 Å². The van der Waals surface area contributed by atoms with E-state index in [9.17, 15) is 18.0 Å². The van der Waals surface area contributed by atoms with Gasteiger partial charge in [0.15, 0.2) is 5.78 Å². The molecule has 0 heterocycles. The van der Waals surface area contributed by atoms with Crippen LogP contribution in [0.3, 0.4) is 0 Å². The number of hydrogen-bond donors (Lipinski definition) is 0. The fourth-order valence-corrected chi connectivity index (χ4v) is 4.91. The number of rotatable bonds is 6. The fraction of sp³-hybridized carbons (Fsp3) is 0.364. The summed E-state index contributed by atoms with van der Waals surface area (Å²) in [4.78, 5) is 24.0. The smallest absolute Gasteiger partial charge is 0.425 e. The van der Waals surface area contributed by atoms with Crippen LogP contribution < -0.4 is 0 Å². The third-order valence-electron chi connectivity index (χ3n) is 5.10. The molecule has 6 nitrogen and oxygen atoms in total. The zero-order valence-electron chi connectivity index (χ0n) is 16.4. The molecule has 3 atom stereocenters. The summed E-state index contributed by atoms with van der Waals surface area (Å²) in [6.07, 6.45) is -0.542. The summed E-state index contributed by atoms with van der Waals surface area (Å²) in [5.41, 5.74) is 2.08. The standard InChI is InChI=1S/C22H24O6S/c1-15(23)16(2)28-19-12-18-10-6-7-11-20(18)21(13-19)29(25,26)22(24)27-14-17-8-4-3-5-9-17/h3-11,16,19,21H,12-14H2,1-2H3/t16?,19-,21?/m1/s1. The minimum absolute atomic E-state index is 0.0946. The number of benzene rings is 2. The largest absolute Gasteiger partial charge is 0.449 e. The van der Waals surface area contributed by atoms with E-state index in [4.69, 9.17) is 9.47 Å². The van der Waals surface area contributed by atoms with Crippen molar-refractivity contribution in [1.29, 1.82) is 0 Å². The minimum atomic E-state index is -4.26. The van der Waals surface area contributed by atoms with E-state index in [1.165, 1.54) is 6.92 Å². The molecule has 29 heavy (non-hydrogen) atoms. The topological polar surface area (TPSA) is 86.7 Å². The molecule has 0 fully saturated rings. The van der Waals surface area contributed by atoms with E-state index >= 15 is 0 Å². The molecule has 3 rings (SSSR count). The van der Waals surface area contributed by atoms with Crippen molar-refractivity contribution in [1.82, 2.24) is 0 Å². The molecule has 2 unspecified atom stereocenters. The van der Waals surface area contributed by atoms with E-state index in [2.05, 4.69) is 0 Å². The van der Waals surface area contributed by atoms with Crippen molar-refractivity contribution in [3.63, 3.8) is 0 Å². The molecule has 0 bridgehead atoms. The second kappa shape index (κ2) is 8.88. The van der Waals surface area contributed by atoms with Crippen LogP contribution >= 0.6 is 0 Å². The molecule has 0 amide bonds. The van der Waals surface area contributed by atoms with Gasteiger partial charge in [0, 0.05) is 0 Å². The SMILES string of the molecule is CC(=O)C(C)O[C@@H]1Cc2ccccc2C(S(=O)(=O)C(=O)OCc2ccccc2)C1. The molecular weight excluding hydrogens is 392 g/mol. The van der Waals surface area contributed by atoms with Crippen molar-refractivity contribution >= 4 is 20.9 Å². The van der Waals surface area contributed by atoms with Crippen molar-refractivity contribution in [2.75, 3.05) is 0 Å². The monoisotopic (exact) mass is 416 g/mol. The fourth-order valence-electron chi connectivity index (χ4n) is 3.43. The predicted octanol–water partition coefficient (Wildman–Crippen LogP) is 3.79. The van der Waals surface area contributed by atoms with Crippen molar-refractivity contribution in [3.05, 3.63) is 71.3 Å². The van der Waals surface area contributed by atoms with Crippen LogP contribution in [0.25, 0.3) is 0 Å². The highest BCUT2D eigenvalue weighted by atomic mass is 32.2. The molecule has 0 saturated heterocycles. The van der Waals surface area contributed by atoms with Crippen LogP contribution in [0.15, 0.2) is 54.6 Å². The van der Waals surface area contributed by atoms with Gasteiger partial charge in [0.1, 0.15) is 18.0 Å². The number of ether oxygens (including phenoxy) is 2. The molecular formula is C22H24O6S. The molecule has 0 N–H and O–H groups in total. The third-order valence-corrected chi connectivity index (χ3v) is 6.88. The molecule has 7 heteroatoms. The maximum absolute atomic E-state index is 13.0. The van der Waals surface area contributed by atoms with Gasteiger partial charge in [0.2, 0.25) is 0 Å².